The topological polar surface area (TPSA) is 80.8 Å². The molecular formula is C23H18N4O3. The monoisotopic (exact) mass is 398 g/mol. The summed E-state index contributed by atoms with van der Waals surface area (Å²) in [4.78, 5) is 22.0. The zero-order valence-corrected chi connectivity index (χ0v) is 16.2. The molecule has 0 radical (unpaired) electrons. The van der Waals surface area contributed by atoms with Gasteiger partial charge in [-0.25, -0.2) is 5.01 Å². The standard InChI is InChI=1S/C23H18N4O3/c1-29-17-7-4-15(5-8-17)23(28)27-21(14-20(26-27)22-3-2-12-30-22)16-6-9-18-19(13-16)25-11-10-24-18/h2-13,21H,14H2,1H3/t21-/m0/s1. The first-order valence-corrected chi connectivity index (χ1v) is 9.52. The molecule has 0 saturated carbocycles. The average molecular weight is 398 g/mol. The van der Waals surface area contributed by atoms with Crippen molar-refractivity contribution in [3.63, 3.8) is 0 Å². The first kappa shape index (κ1) is 18.1. The molecule has 0 bridgehead atoms. The summed E-state index contributed by atoms with van der Waals surface area (Å²) in [5.41, 5.74) is 3.78. The molecule has 1 atom stereocenters. The fraction of sp³-hybridized carbons (Fsp3) is 0.130. The number of hydrogen-bond donors (Lipinski definition) is 0. The molecule has 30 heavy (non-hydrogen) atoms. The fourth-order valence-electron chi connectivity index (χ4n) is 3.60. The van der Waals surface area contributed by atoms with Crippen LogP contribution in [-0.4, -0.2) is 33.7 Å². The zero-order valence-electron chi connectivity index (χ0n) is 16.2. The molecule has 3 heterocycles. The molecule has 4 aromatic rings. The number of ether oxygens (including phenoxy) is 1. The highest BCUT2D eigenvalue weighted by Gasteiger charge is 2.34. The number of aromatic nitrogens is 2. The molecule has 7 nitrogen and oxygen atoms in total. The number of benzene rings is 2. The molecule has 0 spiro atoms. The maximum absolute atomic E-state index is 13.3. The van der Waals surface area contributed by atoms with E-state index in [1.54, 1.807) is 50.0 Å². The second-order valence-electron chi connectivity index (χ2n) is 6.93. The molecule has 2 aromatic heterocycles. The van der Waals surface area contributed by atoms with Gasteiger partial charge in [-0.2, -0.15) is 5.10 Å². The van der Waals surface area contributed by atoms with E-state index in [0.29, 0.717) is 23.5 Å². The van der Waals surface area contributed by atoms with Crippen LogP contribution < -0.4 is 4.74 Å². The largest absolute Gasteiger partial charge is 0.497 e. The quantitative estimate of drug-likeness (QED) is 0.514. The Balaban J connectivity index is 1.54. The summed E-state index contributed by atoms with van der Waals surface area (Å²) >= 11 is 0. The van der Waals surface area contributed by atoms with Gasteiger partial charge in [0, 0.05) is 24.4 Å². The molecule has 0 unspecified atom stereocenters. The van der Waals surface area contributed by atoms with E-state index in [9.17, 15) is 4.79 Å². The van der Waals surface area contributed by atoms with E-state index in [1.807, 2.05) is 30.3 Å². The number of carbonyl (C=O) groups excluding carboxylic acids is 1. The normalized spacial score (nSPS) is 16.0. The van der Waals surface area contributed by atoms with Gasteiger partial charge in [-0.1, -0.05) is 6.07 Å². The number of hydrogen-bond acceptors (Lipinski definition) is 6. The molecule has 7 heteroatoms. The van der Waals surface area contributed by atoms with E-state index in [4.69, 9.17) is 9.15 Å². The van der Waals surface area contributed by atoms with Gasteiger partial charge in [-0.05, 0) is 54.1 Å². The van der Waals surface area contributed by atoms with Crippen molar-refractivity contribution < 1.29 is 13.9 Å². The fourth-order valence-corrected chi connectivity index (χ4v) is 3.60. The number of fused-ring (bicyclic) bond motifs is 1. The number of nitrogens with zero attached hydrogens (tertiary/aromatic N) is 4. The number of hydrazone groups is 1. The lowest BCUT2D eigenvalue weighted by Gasteiger charge is -2.22. The Morgan fingerprint density at radius 2 is 1.87 bits per heavy atom. The van der Waals surface area contributed by atoms with Crippen LogP contribution >= 0.6 is 0 Å². The minimum Gasteiger partial charge on any atom is -0.497 e. The van der Waals surface area contributed by atoms with Gasteiger partial charge < -0.3 is 9.15 Å². The third-order valence-electron chi connectivity index (χ3n) is 5.14. The maximum Gasteiger partial charge on any atom is 0.274 e. The number of methoxy groups -OCH3 is 1. The molecule has 2 aromatic carbocycles. The number of rotatable bonds is 4. The van der Waals surface area contributed by atoms with Gasteiger partial charge >= 0.3 is 0 Å². The summed E-state index contributed by atoms with van der Waals surface area (Å²) in [6, 6.07) is 16.2. The third kappa shape index (κ3) is 3.20. The van der Waals surface area contributed by atoms with Crippen molar-refractivity contribution in [1.82, 2.24) is 15.0 Å². The lowest BCUT2D eigenvalue weighted by atomic mass is 9.99. The summed E-state index contributed by atoms with van der Waals surface area (Å²) in [5.74, 6) is 1.16. The van der Waals surface area contributed by atoms with Crippen molar-refractivity contribution in [2.75, 3.05) is 7.11 Å². The SMILES string of the molecule is COc1ccc(C(=O)N2N=C(c3ccco3)C[C@H]2c2ccc3nccnc3c2)cc1. The second-order valence-corrected chi connectivity index (χ2v) is 6.93. The highest BCUT2D eigenvalue weighted by atomic mass is 16.5. The van der Waals surface area contributed by atoms with Crippen molar-refractivity contribution >= 4 is 22.7 Å². The van der Waals surface area contributed by atoms with Crippen LogP contribution in [0.15, 0.2) is 82.8 Å². The Kier molecular flexibility index (Phi) is 4.48. The van der Waals surface area contributed by atoms with Crippen LogP contribution in [-0.2, 0) is 0 Å². The van der Waals surface area contributed by atoms with Crippen LogP contribution in [0.25, 0.3) is 11.0 Å². The number of furan rings is 1. The van der Waals surface area contributed by atoms with Crippen LogP contribution in [0.1, 0.15) is 34.1 Å². The first-order chi connectivity index (χ1) is 14.7. The Labute approximate surface area is 172 Å². The van der Waals surface area contributed by atoms with Crippen molar-refractivity contribution in [2.45, 2.75) is 12.5 Å². The van der Waals surface area contributed by atoms with Gasteiger partial charge in [0.2, 0.25) is 0 Å². The highest BCUT2D eigenvalue weighted by molar-refractivity contribution is 6.03. The van der Waals surface area contributed by atoms with Crippen LogP contribution in [0.2, 0.25) is 0 Å². The van der Waals surface area contributed by atoms with E-state index < -0.39 is 0 Å². The van der Waals surface area contributed by atoms with Gasteiger partial charge in [0.25, 0.3) is 5.91 Å². The molecule has 0 N–H and O–H groups in total. The maximum atomic E-state index is 13.3. The van der Waals surface area contributed by atoms with Crippen LogP contribution in [0, 0.1) is 0 Å². The first-order valence-electron chi connectivity index (χ1n) is 9.52. The third-order valence-corrected chi connectivity index (χ3v) is 5.14. The molecular weight excluding hydrogens is 380 g/mol. The molecule has 1 aliphatic heterocycles. The Morgan fingerprint density at radius 3 is 2.60 bits per heavy atom. The number of amides is 1. The number of carbonyl (C=O) groups is 1. The van der Waals surface area contributed by atoms with Gasteiger partial charge in [-0.15, -0.1) is 0 Å². The summed E-state index contributed by atoms with van der Waals surface area (Å²) in [6.45, 7) is 0. The van der Waals surface area contributed by atoms with Crippen molar-refractivity contribution in [3.8, 4) is 5.75 Å². The highest BCUT2D eigenvalue weighted by Crippen LogP contribution is 2.35. The Hall–Kier alpha value is -4.00. The van der Waals surface area contributed by atoms with Crippen molar-refractivity contribution in [2.24, 2.45) is 5.10 Å². The van der Waals surface area contributed by atoms with Gasteiger partial charge in [0.05, 0.1) is 30.4 Å². The lowest BCUT2D eigenvalue weighted by Crippen LogP contribution is -2.27. The second kappa shape index (κ2) is 7.44. The minimum absolute atomic E-state index is 0.191. The van der Waals surface area contributed by atoms with E-state index in [1.165, 1.54) is 5.01 Å². The molecule has 1 amide bonds. The summed E-state index contributed by atoms with van der Waals surface area (Å²) in [6.07, 6.45) is 5.47. The van der Waals surface area contributed by atoms with Crippen LogP contribution in [0.5, 0.6) is 5.75 Å². The zero-order chi connectivity index (χ0) is 20.5. The Bertz CT molecular complexity index is 1230. The smallest absolute Gasteiger partial charge is 0.274 e. The van der Waals surface area contributed by atoms with Gasteiger partial charge in [0.15, 0.2) is 0 Å². The molecule has 1 aliphatic rings. The van der Waals surface area contributed by atoms with Gasteiger partial charge in [0.1, 0.15) is 17.2 Å². The summed E-state index contributed by atoms with van der Waals surface area (Å²) < 4.78 is 10.7. The predicted octanol–water partition coefficient (Wildman–Crippen LogP) is 4.22. The molecule has 0 saturated heterocycles. The van der Waals surface area contributed by atoms with Crippen molar-refractivity contribution in [3.05, 3.63) is 90.1 Å². The van der Waals surface area contributed by atoms with Gasteiger partial charge in [-0.3, -0.25) is 14.8 Å². The summed E-state index contributed by atoms with van der Waals surface area (Å²) in [7, 11) is 1.59. The van der Waals surface area contributed by atoms with E-state index in [-0.39, 0.29) is 11.9 Å². The molecule has 5 rings (SSSR count). The summed E-state index contributed by atoms with van der Waals surface area (Å²) in [5, 5.41) is 6.15. The van der Waals surface area contributed by atoms with E-state index in [2.05, 4.69) is 15.1 Å². The molecule has 0 fully saturated rings. The average Bonchev–Trinajstić information content (AvgIpc) is 3.48. The molecule has 148 valence electrons. The molecule has 0 aliphatic carbocycles. The lowest BCUT2D eigenvalue weighted by molar-refractivity contribution is 0.0711. The van der Waals surface area contributed by atoms with Crippen LogP contribution in [0.4, 0.5) is 0 Å². The van der Waals surface area contributed by atoms with E-state index >= 15 is 0 Å². The predicted molar refractivity (Wildman–Crippen MR) is 111 cm³/mol. The van der Waals surface area contributed by atoms with E-state index in [0.717, 1.165) is 22.3 Å². The van der Waals surface area contributed by atoms with Crippen LogP contribution in [0.3, 0.4) is 0 Å². The minimum atomic E-state index is -0.272. The Morgan fingerprint density at radius 1 is 1.07 bits per heavy atom. The van der Waals surface area contributed by atoms with Crippen molar-refractivity contribution in [1.29, 1.82) is 0 Å².